The van der Waals surface area contributed by atoms with Gasteiger partial charge < -0.3 is 10.1 Å². The molecule has 0 amide bonds. The highest BCUT2D eigenvalue weighted by Gasteiger charge is 2.12. The predicted molar refractivity (Wildman–Crippen MR) is 69.1 cm³/mol. The highest BCUT2D eigenvalue weighted by molar-refractivity contribution is 6.30. The van der Waals surface area contributed by atoms with Gasteiger partial charge in [-0.1, -0.05) is 23.7 Å². The molecule has 94 valence electrons. The minimum absolute atomic E-state index is 0.0770. The van der Waals surface area contributed by atoms with Crippen LogP contribution in [0.2, 0.25) is 5.02 Å². The molecule has 0 saturated carbocycles. The first-order valence-corrected chi connectivity index (χ1v) is 5.99. The first-order chi connectivity index (χ1) is 8.02. The SMILES string of the molecule is COC(=O)CC(C)N[C@H](C)c1ccc(Cl)cc1. The summed E-state index contributed by atoms with van der Waals surface area (Å²) in [6.07, 6.45) is 0.369. The van der Waals surface area contributed by atoms with Crippen molar-refractivity contribution < 1.29 is 9.53 Å². The van der Waals surface area contributed by atoms with Gasteiger partial charge in [-0.15, -0.1) is 0 Å². The molecule has 0 saturated heterocycles. The minimum atomic E-state index is -0.201. The Bertz CT molecular complexity index is 364. The molecule has 1 aromatic carbocycles. The monoisotopic (exact) mass is 255 g/mol. The normalized spacial score (nSPS) is 14.1. The molecule has 1 unspecified atom stereocenters. The summed E-state index contributed by atoms with van der Waals surface area (Å²) < 4.78 is 4.63. The Morgan fingerprint density at radius 2 is 1.94 bits per heavy atom. The van der Waals surface area contributed by atoms with Crippen molar-refractivity contribution in [2.75, 3.05) is 7.11 Å². The Hall–Kier alpha value is -1.06. The van der Waals surface area contributed by atoms with Gasteiger partial charge in [-0.25, -0.2) is 0 Å². The molecule has 3 nitrogen and oxygen atoms in total. The minimum Gasteiger partial charge on any atom is -0.469 e. The Kier molecular flexibility index (Phi) is 5.45. The number of esters is 1. The number of carbonyl (C=O) groups excluding carboxylic acids is 1. The van der Waals surface area contributed by atoms with Gasteiger partial charge in [0, 0.05) is 17.1 Å². The fourth-order valence-electron chi connectivity index (χ4n) is 1.67. The maximum Gasteiger partial charge on any atom is 0.307 e. The summed E-state index contributed by atoms with van der Waals surface area (Å²) in [6.45, 7) is 4.01. The van der Waals surface area contributed by atoms with E-state index in [2.05, 4.69) is 17.0 Å². The zero-order valence-electron chi connectivity index (χ0n) is 10.4. The van der Waals surface area contributed by atoms with Crippen LogP contribution in [-0.4, -0.2) is 19.1 Å². The van der Waals surface area contributed by atoms with E-state index < -0.39 is 0 Å². The molecule has 1 aromatic rings. The smallest absolute Gasteiger partial charge is 0.307 e. The summed E-state index contributed by atoms with van der Waals surface area (Å²) in [5.74, 6) is -0.201. The topological polar surface area (TPSA) is 38.3 Å². The first kappa shape index (κ1) is 14.0. The summed E-state index contributed by atoms with van der Waals surface area (Å²) in [5.41, 5.74) is 1.14. The lowest BCUT2D eigenvalue weighted by Crippen LogP contribution is -2.31. The van der Waals surface area contributed by atoms with Crippen LogP contribution in [-0.2, 0) is 9.53 Å². The summed E-state index contributed by atoms with van der Waals surface area (Å²) in [5, 5.41) is 4.06. The third kappa shape index (κ3) is 4.75. The van der Waals surface area contributed by atoms with Crippen LogP contribution in [0.25, 0.3) is 0 Å². The van der Waals surface area contributed by atoms with Gasteiger partial charge in [-0.3, -0.25) is 4.79 Å². The van der Waals surface area contributed by atoms with Crippen molar-refractivity contribution in [3.63, 3.8) is 0 Å². The van der Waals surface area contributed by atoms with Gasteiger partial charge in [0.15, 0.2) is 0 Å². The maximum absolute atomic E-state index is 11.1. The standard InChI is InChI=1S/C13H18ClNO2/c1-9(8-13(16)17-3)15-10(2)11-4-6-12(14)7-5-11/h4-7,9-10,15H,8H2,1-3H3/t9?,10-/m1/s1. The van der Waals surface area contributed by atoms with Crippen LogP contribution in [0.4, 0.5) is 0 Å². The Labute approximate surface area is 107 Å². The van der Waals surface area contributed by atoms with Crippen molar-refractivity contribution in [3.05, 3.63) is 34.9 Å². The van der Waals surface area contributed by atoms with Gasteiger partial charge in [-0.2, -0.15) is 0 Å². The van der Waals surface area contributed by atoms with Crippen molar-refractivity contribution in [3.8, 4) is 0 Å². The average Bonchev–Trinajstić information content (AvgIpc) is 2.29. The van der Waals surface area contributed by atoms with Crippen molar-refractivity contribution in [1.29, 1.82) is 0 Å². The highest BCUT2D eigenvalue weighted by Crippen LogP contribution is 2.16. The fraction of sp³-hybridized carbons (Fsp3) is 0.462. The molecule has 0 aliphatic carbocycles. The van der Waals surface area contributed by atoms with Crippen LogP contribution in [0.3, 0.4) is 0 Å². The number of methoxy groups -OCH3 is 1. The quantitative estimate of drug-likeness (QED) is 0.822. The molecule has 0 aliphatic heterocycles. The lowest BCUT2D eigenvalue weighted by Gasteiger charge is -2.19. The predicted octanol–water partition coefficient (Wildman–Crippen LogP) is 2.94. The maximum atomic E-state index is 11.1. The Morgan fingerprint density at radius 1 is 1.35 bits per heavy atom. The number of hydrogen-bond acceptors (Lipinski definition) is 3. The summed E-state index contributed by atoms with van der Waals surface area (Å²) in [4.78, 5) is 11.1. The molecule has 0 heterocycles. The van der Waals surface area contributed by atoms with Gasteiger partial charge in [0.25, 0.3) is 0 Å². The van der Waals surface area contributed by atoms with E-state index in [1.54, 1.807) is 0 Å². The van der Waals surface area contributed by atoms with Crippen LogP contribution in [0, 0.1) is 0 Å². The second-order valence-corrected chi connectivity index (χ2v) is 4.56. The van der Waals surface area contributed by atoms with Gasteiger partial charge in [-0.05, 0) is 31.5 Å². The Balaban J connectivity index is 2.51. The molecule has 1 rings (SSSR count). The lowest BCUT2D eigenvalue weighted by molar-refractivity contribution is -0.141. The summed E-state index contributed by atoms with van der Waals surface area (Å²) in [6, 6.07) is 7.93. The van der Waals surface area contributed by atoms with E-state index in [9.17, 15) is 4.79 Å². The first-order valence-electron chi connectivity index (χ1n) is 5.61. The van der Waals surface area contributed by atoms with Crippen molar-refractivity contribution in [2.45, 2.75) is 32.4 Å². The molecule has 0 bridgehead atoms. The van der Waals surface area contributed by atoms with E-state index in [1.165, 1.54) is 7.11 Å². The molecule has 0 aromatic heterocycles. The lowest BCUT2D eigenvalue weighted by atomic mass is 10.1. The zero-order chi connectivity index (χ0) is 12.8. The van der Waals surface area contributed by atoms with Crippen LogP contribution in [0.1, 0.15) is 31.9 Å². The molecule has 1 N–H and O–H groups in total. The van der Waals surface area contributed by atoms with Crippen LogP contribution in [0.5, 0.6) is 0 Å². The van der Waals surface area contributed by atoms with Crippen LogP contribution in [0.15, 0.2) is 24.3 Å². The molecule has 0 spiro atoms. The third-order valence-corrected chi connectivity index (χ3v) is 2.86. The van der Waals surface area contributed by atoms with E-state index in [-0.39, 0.29) is 18.1 Å². The molecule has 4 heteroatoms. The number of ether oxygens (including phenoxy) is 1. The van der Waals surface area contributed by atoms with E-state index >= 15 is 0 Å². The number of carbonyl (C=O) groups is 1. The second-order valence-electron chi connectivity index (χ2n) is 4.12. The molecule has 0 fully saturated rings. The van der Waals surface area contributed by atoms with Gasteiger partial charge in [0.1, 0.15) is 0 Å². The van der Waals surface area contributed by atoms with Gasteiger partial charge >= 0.3 is 5.97 Å². The number of rotatable bonds is 5. The number of halogens is 1. The van der Waals surface area contributed by atoms with E-state index in [0.29, 0.717) is 6.42 Å². The second kappa shape index (κ2) is 6.62. The average molecular weight is 256 g/mol. The van der Waals surface area contributed by atoms with E-state index in [0.717, 1.165) is 10.6 Å². The number of nitrogens with one attached hydrogen (secondary N) is 1. The van der Waals surface area contributed by atoms with Crippen molar-refractivity contribution >= 4 is 17.6 Å². The fourth-order valence-corrected chi connectivity index (χ4v) is 1.79. The molecule has 2 atom stereocenters. The van der Waals surface area contributed by atoms with E-state index in [1.807, 2.05) is 31.2 Å². The van der Waals surface area contributed by atoms with Gasteiger partial charge in [0.2, 0.25) is 0 Å². The van der Waals surface area contributed by atoms with Crippen LogP contribution >= 0.6 is 11.6 Å². The van der Waals surface area contributed by atoms with Crippen molar-refractivity contribution in [1.82, 2.24) is 5.32 Å². The molecular formula is C13H18ClNO2. The zero-order valence-corrected chi connectivity index (χ0v) is 11.1. The number of hydrogen-bond donors (Lipinski definition) is 1. The molecule has 0 radical (unpaired) electrons. The van der Waals surface area contributed by atoms with Gasteiger partial charge in [0.05, 0.1) is 13.5 Å². The Morgan fingerprint density at radius 3 is 2.47 bits per heavy atom. The number of benzene rings is 1. The largest absolute Gasteiger partial charge is 0.469 e. The van der Waals surface area contributed by atoms with E-state index in [4.69, 9.17) is 11.6 Å². The summed E-state index contributed by atoms with van der Waals surface area (Å²) in [7, 11) is 1.40. The third-order valence-electron chi connectivity index (χ3n) is 2.61. The molecular weight excluding hydrogens is 238 g/mol. The van der Waals surface area contributed by atoms with Crippen LogP contribution < -0.4 is 5.32 Å². The molecule has 17 heavy (non-hydrogen) atoms. The molecule has 0 aliphatic rings. The summed E-state index contributed by atoms with van der Waals surface area (Å²) >= 11 is 5.83. The highest BCUT2D eigenvalue weighted by atomic mass is 35.5. The van der Waals surface area contributed by atoms with Crippen molar-refractivity contribution in [2.24, 2.45) is 0 Å².